The lowest BCUT2D eigenvalue weighted by Gasteiger charge is -2.09. The third kappa shape index (κ3) is 3.32. The highest BCUT2D eigenvalue weighted by Gasteiger charge is 2.15. The first kappa shape index (κ1) is 16.6. The summed E-state index contributed by atoms with van der Waals surface area (Å²) in [6.45, 7) is 2.00. The summed E-state index contributed by atoms with van der Waals surface area (Å²) in [5.74, 6) is 1.06. The molecular formula is C19H16N6O2. The molecule has 0 fully saturated rings. The van der Waals surface area contributed by atoms with Crippen molar-refractivity contribution in [3.63, 3.8) is 0 Å². The summed E-state index contributed by atoms with van der Waals surface area (Å²) in [5, 5.41) is 7.15. The van der Waals surface area contributed by atoms with Gasteiger partial charge in [-0.2, -0.15) is 0 Å². The number of pyridine rings is 1. The van der Waals surface area contributed by atoms with Crippen LogP contribution in [0.1, 0.15) is 11.4 Å². The summed E-state index contributed by atoms with van der Waals surface area (Å²) in [4.78, 5) is 32.4. The third-order valence-corrected chi connectivity index (χ3v) is 4.11. The number of hydrogen-bond donors (Lipinski definition) is 1. The molecule has 0 atom stereocenters. The Hall–Kier alpha value is -3.81. The molecular weight excluding hydrogens is 344 g/mol. The Morgan fingerprint density at radius 2 is 1.85 bits per heavy atom. The van der Waals surface area contributed by atoms with Gasteiger partial charge in [0.05, 0.1) is 5.69 Å². The van der Waals surface area contributed by atoms with Gasteiger partial charge in [-0.1, -0.05) is 30.3 Å². The molecule has 0 amide bonds. The van der Waals surface area contributed by atoms with E-state index in [4.69, 9.17) is 0 Å². The van der Waals surface area contributed by atoms with Gasteiger partial charge in [-0.15, -0.1) is 5.10 Å². The number of benzene rings is 1. The Morgan fingerprint density at radius 1 is 1.04 bits per heavy atom. The van der Waals surface area contributed by atoms with Gasteiger partial charge in [-0.3, -0.25) is 19.7 Å². The lowest BCUT2D eigenvalue weighted by molar-refractivity contribution is 0.590. The highest BCUT2D eigenvalue weighted by atomic mass is 16.1. The van der Waals surface area contributed by atoms with Crippen LogP contribution in [0.25, 0.3) is 17.1 Å². The first-order valence-corrected chi connectivity index (χ1v) is 8.34. The van der Waals surface area contributed by atoms with Crippen molar-refractivity contribution >= 4 is 0 Å². The Kier molecular flexibility index (Phi) is 4.21. The third-order valence-electron chi connectivity index (χ3n) is 4.11. The monoisotopic (exact) mass is 360 g/mol. The topological polar surface area (TPSA) is 98.5 Å². The van der Waals surface area contributed by atoms with Crippen LogP contribution in [0.15, 0.2) is 70.5 Å². The Balaban J connectivity index is 1.87. The maximum Gasteiger partial charge on any atom is 0.265 e. The van der Waals surface area contributed by atoms with E-state index in [0.29, 0.717) is 11.6 Å². The Morgan fingerprint density at radius 3 is 2.63 bits per heavy atom. The fourth-order valence-corrected chi connectivity index (χ4v) is 2.77. The van der Waals surface area contributed by atoms with Crippen LogP contribution in [-0.4, -0.2) is 29.5 Å². The number of rotatable bonds is 4. The molecule has 27 heavy (non-hydrogen) atoms. The molecule has 0 spiro atoms. The maximum absolute atomic E-state index is 12.1. The van der Waals surface area contributed by atoms with Crippen molar-refractivity contribution in [1.82, 2.24) is 29.5 Å². The second-order valence-corrected chi connectivity index (χ2v) is 6.03. The van der Waals surface area contributed by atoms with Crippen LogP contribution in [0.3, 0.4) is 0 Å². The summed E-state index contributed by atoms with van der Waals surface area (Å²) in [6, 6.07) is 13.8. The average molecular weight is 360 g/mol. The van der Waals surface area contributed by atoms with E-state index in [2.05, 4.69) is 20.2 Å². The van der Waals surface area contributed by atoms with E-state index in [1.807, 2.05) is 43.3 Å². The van der Waals surface area contributed by atoms with Gasteiger partial charge in [0.15, 0.2) is 11.6 Å². The average Bonchev–Trinajstić information content (AvgIpc) is 3.09. The van der Waals surface area contributed by atoms with Crippen LogP contribution in [0, 0.1) is 6.92 Å². The quantitative estimate of drug-likeness (QED) is 0.595. The predicted octanol–water partition coefficient (Wildman–Crippen LogP) is 1.54. The zero-order valence-corrected chi connectivity index (χ0v) is 14.5. The van der Waals surface area contributed by atoms with Crippen LogP contribution in [0.2, 0.25) is 0 Å². The van der Waals surface area contributed by atoms with E-state index in [1.54, 1.807) is 17.1 Å². The van der Waals surface area contributed by atoms with E-state index in [-0.39, 0.29) is 17.7 Å². The fraction of sp³-hybridized carbons (Fsp3) is 0.105. The summed E-state index contributed by atoms with van der Waals surface area (Å²) < 4.78 is 2.89. The largest absolute Gasteiger partial charge is 0.268 e. The molecule has 8 nitrogen and oxygen atoms in total. The summed E-state index contributed by atoms with van der Waals surface area (Å²) >= 11 is 0. The summed E-state index contributed by atoms with van der Waals surface area (Å²) in [6.07, 6.45) is 3.41. The molecule has 3 aromatic heterocycles. The number of aromatic amines is 1. The number of nitrogens with zero attached hydrogens (tertiary/aromatic N) is 5. The highest BCUT2D eigenvalue weighted by Crippen LogP contribution is 2.20. The molecule has 8 heteroatoms. The molecule has 0 saturated carbocycles. The zero-order chi connectivity index (χ0) is 18.8. The number of hydrogen-bond acceptors (Lipinski definition) is 5. The van der Waals surface area contributed by atoms with E-state index >= 15 is 0 Å². The van der Waals surface area contributed by atoms with Gasteiger partial charge in [-0.25, -0.2) is 14.3 Å². The lowest BCUT2D eigenvalue weighted by atomic mass is 10.2. The molecule has 0 aliphatic heterocycles. The molecule has 0 saturated heterocycles. The Bertz CT molecular complexity index is 1210. The van der Waals surface area contributed by atoms with Gasteiger partial charge in [0, 0.05) is 30.1 Å². The van der Waals surface area contributed by atoms with Crippen molar-refractivity contribution in [1.29, 1.82) is 0 Å². The van der Waals surface area contributed by atoms with Crippen molar-refractivity contribution in [3.05, 3.63) is 93.0 Å². The van der Waals surface area contributed by atoms with Crippen LogP contribution in [-0.2, 0) is 6.54 Å². The summed E-state index contributed by atoms with van der Waals surface area (Å²) in [7, 11) is 0. The van der Waals surface area contributed by atoms with Crippen LogP contribution < -0.4 is 11.1 Å². The fourth-order valence-electron chi connectivity index (χ4n) is 2.77. The number of nitrogens with one attached hydrogen (secondary N) is 1. The van der Waals surface area contributed by atoms with Crippen LogP contribution in [0.5, 0.6) is 0 Å². The smallest absolute Gasteiger partial charge is 0.265 e. The summed E-state index contributed by atoms with van der Waals surface area (Å²) in [5.41, 5.74) is 1.90. The minimum atomic E-state index is -0.357. The number of aromatic nitrogens is 6. The van der Waals surface area contributed by atoms with Crippen molar-refractivity contribution < 1.29 is 0 Å². The molecule has 1 N–H and O–H groups in total. The minimum absolute atomic E-state index is 0.0799. The van der Waals surface area contributed by atoms with Crippen molar-refractivity contribution in [2.24, 2.45) is 0 Å². The molecule has 0 unspecified atom stereocenters. The molecule has 1 aromatic carbocycles. The van der Waals surface area contributed by atoms with E-state index in [1.165, 1.54) is 16.8 Å². The number of aryl methyl sites for hydroxylation is 1. The van der Waals surface area contributed by atoms with Gasteiger partial charge < -0.3 is 0 Å². The van der Waals surface area contributed by atoms with Gasteiger partial charge >= 0.3 is 0 Å². The van der Waals surface area contributed by atoms with Crippen molar-refractivity contribution in [2.45, 2.75) is 13.5 Å². The second-order valence-electron chi connectivity index (χ2n) is 6.03. The van der Waals surface area contributed by atoms with Gasteiger partial charge in [0.2, 0.25) is 0 Å². The van der Waals surface area contributed by atoms with Gasteiger partial charge in [0.25, 0.3) is 11.1 Å². The van der Waals surface area contributed by atoms with E-state index in [9.17, 15) is 9.59 Å². The van der Waals surface area contributed by atoms with E-state index < -0.39 is 0 Å². The maximum atomic E-state index is 12.1. The predicted molar refractivity (Wildman–Crippen MR) is 99.8 cm³/mol. The second kappa shape index (κ2) is 6.83. The molecule has 0 aliphatic rings. The van der Waals surface area contributed by atoms with Gasteiger partial charge in [0.1, 0.15) is 6.54 Å². The standard InChI is InChI=1S/C19H16N6O2/c1-13-11-20-10-9-15(13)25-16(12-24-18(27)8-7-17(26)22-24)21-19(23-25)14-5-3-2-4-6-14/h2-11H,12H2,1H3,(H,22,26). The lowest BCUT2D eigenvalue weighted by Crippen LogP contribution is -2.29. The van der Waals surface area contributed by atoms with Crippen molar-refractivity contribution in [3.8, 4) is 17.1 Å². The minimum Gasteiger partial charge on any atom is -0.268 e. The van der Waals surface area contributed by atoms with Crippen molar-refractivity contribution in [2.75, 3.05) is 0 Å². The molecule has 4 rings (SSSR count). The SMILES string of the molecule is Cc1cnccc1-n1nc(-c2ccccc2)nc1Cn1[nH]c(=O)ccc1=O. The zero-order valence-electron chi connectivity index (χ0n) is 14.5. The Labute approximate surface area is 153 Å². The first-order chi connectivity index (χ1) is 13.1. The number of H-pyrrole nitrogens is 1. The van der Waals surface area contributed by atoms with E-state index in [0.717, 1.165) is 16.8 Å². The van der Waals surface area contributed by atoms with Crippen LogP contribution in [0.4, 0.5) is 0 Å². The molecule has 0 aliphatic carbocycles. The molecule has 0 radical (unpaired) electrons. The van der Waals surface area contributed by atoms with Gasteiger partial charge in [-0.05, 0) is 18.6 Å². The molecule has 4 aromatic rings. The first-order valence-electron chi connectivity index (χ1n) is 8.34. The molecule has 0 bridgehead atoms. The molecule has 134 valence electrons. The normalized spacial score (nSPS) is 10.9. The van der Waals surface area contributed by atoms with Crippen LogP contribution >= 0.6 is 0 Å². The highest BCUT2D eigenvalue weighted by molar-refractivity contribution is 5.55. The molecule has 3 heterocycles.